The Morgan fingerprint density at radius 3 is 2.69 bits per heavy atom. The number of amides is 1. The van der Waals surface area contributed by atoms with E-state index in [1.165, 1.54) is 4.68 Å². The lowest BCUT2D eigenvalue weighted by molar-refractivity contribution is -0.146. The van der Waals surface area contributed by atoms with Gasteiger partial charge in [-0.05, 0) is 43.8 Å². The standard InChI is InChI=1S/C27H30FN3O4Si/c1-5-13-30-22-11-10-19(31-25(33)20-9-7-6-8-18(20)16-29-31)15-21(22)27(26(30)34)17(2)24(36(3,4)28)23(35-27)12-14-32/h5-11,15-17,23-24,32H,1,12-14H2,2-4H3/t17-,23+,24-,27+/m0/s1. The molecule has 1 saturated heterocycles. The van der Waals surface area contributed by atoms with Gasteiger partial charge in [-0.25, -0.2) is 0 Å². The molecule has 188 valence electrons. The number of hydrogen-bond acceptors (Lipinski definition) is 5. The maximum atomic E-state index is 15.6. The fourth-order valence-electron chi connectivity index (χ4n) is 6.15. The lowest BCUT2D eigenvalue weighted by Gasteiger charge is -2.31. The van der Waals surface area contributed by atoms with Crippen LogP contribution in [0.5, 0.6) is 0 Å². The third-order valence-corrected chi connectivity index (χ3v) is 10.1. The average Bonchev–Trinajstić information content (AvgIpc) is 3.27. The summed E-state index contributed by atoms with van der Waals surface area (Å²) in [6.45, 7) is 9.01. The molecule has 2 aliphatic rings. The van der Waals surface area contributed by atoms with Gasteiger partial charge in [0.05, 0.1) is 29.1 Å². The molecule has 0 aliphatic carbocycles. The van der Waals surface area contributed by atoms with Crippen molar-refractivity contribution in [2.45, 2.75) is 43.7 Å². The molecule has 36 heavy (non-hydrogen) atoms. The van der Waals surface area contributed by atoms with E-state index in [4.69, 9.17) is 4.74 Å². The summed E-state index contributed by atoms with van der Waals surface area (Å²) in [5.74, 6) is -0.747. The SMILES string of the molecule is C=CCN1C(=O)[C@]2(O[C@H](CCO)[C@@H]([Si](C)(C)F)[C@@H]2C)c2cc(-n3ncc4ccccc4c3=O)ccc21. The Kier molecular flexibility index (Phi) is 5.97. The van der Waals surface area contributed by atoms with Crippen LogP contribution in [0.2, 0.25) is 18.6 Å². The Labute approximate surface area is 210 Å². The van der Waals surface area contributed by atoms with Gasteiger partial charge >= 0.3 is 0 Å². The van der Waals surface area contributed by atoms with E-state index < -0.39 is 31.6 Å². The first-order valence-corrected chi connectivity index (χ1v) is 15.1. The third-order valence-electron chi connectivity index (χ3n) is 7.61. The van der Waals surface area contributed by atoms with Crippen LogP contribution in [0.3, 0.4) is 0 Å². The molecule has 2 aliphatic heterocycles. The Bertz CT molecular complexity index is 1420. The van der Waals surface area contributed by atoms with Gasteiger partial charge in [0.25, 0.3) is 11.5 Å². The van der Waals surface area contributed by atoms with Gasteiger partial charge in [-0.15, -0.1) is 6.58 Å². The Morgan fingerprint density at radius 2 is 2.00 bits per heavy atom. The number of ether oxygens (including phenoxy) is 1. The van der Waals surface area contributed by atoms with Crippen molar-refractivity contribution in [2.24, 2.45) is 5.92 Å². The van der Waals surface area contributed by atoms with Gasteiger partial charge in [-0.1, -0.05) is 31.2 Å². The van der Waals surface area contributed by atoms with Crippen LogP contribution in [0.15, 0.2) is 66.1 Å². The minimum atomic E-state index is -3.28. The molecule has 9 heteroatoms. The van der Waals surface area contributed by atoms with Crippen LogP contribution in [0.4, 0.5) is 9.80 Å². The van der Waals surface area contributed by atoms with Gasteiger partial charge in [-0.3, -0.25) is 9.59 Å². The minimum absolute atomic E-state index is 0.164. The van der Waals surface area contributed by atoms with Crippen LogP contribution in [0.1, 0.15) is 18.9 Å². The number of hydrogen-bond donors (Lipinski definition) is 1. The van der Waals surface area contributed by atoms with Crippen LogP contribution in [0.25, 0.3) is 16.5 Å². The summed E-state index contributed by atoms with van der Waals surface area (Å²) in [5.41, 5.74) is -0.462. The van der Waals surface area contributed by atoms with Crippen LogP contribution in [0, 0.1) is 5.92 Å². The number of aliphatic hydroxyl groups excluding tert-OH is 1. The number of carbonyl (C=O) groups excluding carboxylic acids is 1. The summed E-state index contributed by atoms with van der Waals surface area (Å²) in [4.78, 5) is 28.9. The maximum absolute atomic E-state index is 15.6. The summed E-state index contributed by atoms with van der Waals surface area (Å²) < 4.78 is 23.5. The number of fused-ring (bicyclic) bond motifs is 3. The predicted octanol–water partition coefficient (Wildman–Crippen LogP) is 4.08. The molecule has 1 amide bonds. The van der Waals surface area contributed by atoms with Crippen LogP contribution in [-0.2, 0) is 15.1 Å². The molecule has 5 rings (SSSR count). The first-order chi connectivity index (χ1) is 17.1. The molecule has 3 aromatic rings. The number of carbonyl (C=O) groups is 1. The molecule has 2 aromatic carbocycles. The van der Waals surface area contributed by atoms with Crippen molar-refractivity contribution in [1.29, 1.82) is 0 Å². The normalized spacial score (nSPS) is 25.6. The predicted molar refractivity (Wildman–Crippen MR) is 140 cm³/mol. The Hall–Kier alpha value is -3.14. The molecule has 1 N–H and O–H groups in total. The summed E-state index contributed by atoms with van der Waals surface area (Å²) >= 11 is 0. The summed E-state index contributed by atoms with van der Waals surface area (Å²) in [7, 11) is -3.28. The molecule has 0 bridgehead atoms. The van der Waals surface area contributed by atoms with E-state index in [9.17, 15) is 14.7 Å². The van der Waals surface area contributed by atoms with Gasteiger partial charge in [0.1, 0.15) is 0 Å². The molecule has 4 atom stereocenters. The van der Waals surface area contributed by atoms with Crippen LogP contribution in [-0.4, -0.2) is 48.5 Å². The van der Waals surface area contributed by atoms with E-state index in [0.29, 0.717) is 22.3 Å². The zero-order valence-electron chi connectivity index (χ0n) is 20.6. The number of rotatable bonds is 6. The zero-order valence-corrected chi connectivity index (χ0v) is 21.6. The highest BCUT2D eigenvalue weighted by Gasteiger charge is 2.66. The Morgan fingerprint density at radius 1 is 1.25 bits per heavy atom. The van der Waals surface area contributed by atoms with Gasteiger partial charge in [0.15, 0.2) is 5.60 Å². The Balaban J connectivity index is 1.72. The van der Waals surface area contributed by atoms with Crippen molar-refractivity contribution in [3.05, 3.63) is 77.2 Å². The van der Waals surface area contributed by atoms with Crippen LogP contribution < -0.4 is 10.5 Å². The molecule has 0 radical (unpaired) electrons. The molecule has 1 aromatic heterocycles. The fraction of sp³-hybridized carbons (Fsp3) is 0.370. The number of benzene rings is 2. The number of aromatic nitrogens is 2. The summed E-state index contributed by atoms with van der Waals surface area (Å²) in [6.07, 6.45) is 2.92. The highest BCUT2D eigenvalue weighted by atomic mass is 28.4. The number of aliphatic hydroxyl groups is 1. The van der Waals surface area contributed by atoms with Crippen molar-refractivity contribution in [3.8, 4) is 5.69 Å². The monoisotopic (exact) mass is 507 g/mol. The maximum Gasteiger partial charge on any atom is 0.279 e. The largest absolute Gasteiger partial charge is 0.396 e. The quantitative estimate of drug-likeness (QED) is 0.309. The summed E-state index contributed by atoms with van der Waals surface area (Å²) in [5, 5.41) is 15.3. The van der Waals surface area contributed by atoms with Crippen molar-refractivity contribution in [1.82, 2.24) is 9.78 Å². The molecular formula is C27H30FN3O4Si. The molecule has 0 saturated carbocycles. The van der Waals surface area contributed by atoms with Gasteiger partial charge in [-0.2, -0.15) is 9.78 Å². The third kappa shape index (κ3) is 3.48. The van der Waals surface area contributed by atoms with E-state index in [1.807, 2.05) is 19.1 Å². The number of nitrogens with zero attached hydrogens (tertiary/aromatic N) is 3. The average molecular weight is 508 g/mol. The van der Waals surface area contributed by atoms with Gasteiger partial charge < -0.3 is 18.9 Å². The van der Waals surface area contributed by atoms with E-state index in [1.54, 1.807) is 60.6 Å². The second-order valence-corrected chi connectivity index (χ2v) is 13.9. The van der Waals surface area contributed by atoms with E-state index in [2.05, 4.69) is 11.7 Å². The molecule has 3 heterocycles. The molecular weight excluding hydrogens is 477 g/mol. The second kappa shape index (κ2) is 8.76. The van der Waals surface area contributed by atoms with Crippen LogP contribution >= 0.6 is 0 Å². The topological polar surface area (TPSA) is 84.7 Å². The molecule has 1 spiro atoms. The lowest BCUT2D eigenvalue weighted by Crippen LogP contribution is -2.45. The highest BCUT2D eigenvalue weighted by molar-refractivity contribution is 6.72. The molecule has 0 unspecified atom stereocenters. The van der Waals surface area contributed by atoms with Crippen molar-refractivity contribution in [2.75, 3.05) is 18.1 Å². The van der Waals surface area contributed by atoms with Crippen molar-refractivity contribution < 1.29 is 18.7 Å². The molecule has 7 nitrogen and oxygen atoms in total. The minimum Gasteiger partial charge on any atom is -0.396 e. The second-order valence-electron chi connectivity index (χ2n) is 10.1. The first kappa shape index (κ1) is 24.5. The smallest absolute Gasteiger partial charge is 0.279 e. The number of halogens is 1. The fourth-order valence-corrected chi connectivity index (χ4v) is 8.69. The van der Waals surface area contributed by atoms with Gasteiger partial charge in [0.2, 0.25) is 8.41 Å². The molecule has 1 fully saturated rings. The van der Waals surface area contributed by atoms with E-state index in [-0.39, 0.29) is 31.0 Å². The summed E-state index contributed by atoms with van der Waals surface area (Å²) in [6, 6.07) is 12.5. The van der Waals surface area contributed by atoms with Crippen molar-refractivity contribution >= 4 is 30.8 Å². The zero-order chi connectivity index (χ0) is 25.8. The first-order valence-electron chi connectivity index (χ1n) is 12.2. The lowest BCUT2D eigenvalue weighted by atomic mass is 9.82. The van der Waals surface area contributed by atoms with Crippen molar-refractivity contribution in [3.63, 3.8) is 0 Å². The number of anilines is 1. The van der Waals surface area contributed by atoms with E-state index >= 15 is 4.11 Å². The van der Waals surface area contributed by atoms with E-state index in [0.717, 1.165) is 5.39 Å². The van der Waals surface area contributed by atoms with Gasteiger partial charge in [0, 0.05) is 35.6 Å². The highest BCUT2D eigenvalue weighted by Crippen LogP contribution is 2.60.